The Kier molecular flexibility index (Phi) is 7.83. The second-order valence-electron chi connectivity index (χ2n) is 9.69. The second-order valence-corrected chi connectivity index (χ2v) is 10.5. The number of aromatic nitrogens is 2. The maximum absolute atomic E-state index is 14.4. The molecule has 1 heterocycles. The van der Waals surface area contributed by atoms with E-state index in [0.29, 0.717) is 51.4 Å². The van der Waals surface area contributed by atoms with E-state index in [4.69, 9.17) is 32.5 Å². The van der Waals surface area contributed by atoms with E-state index in [1.807, 2.05) is 30.3 Å². The van der Waals surface area contributed by atoms with Crippen LogP contribution < -0.4 is 9.84 Å². The molecule has 1 aromatic heterocycles. The third-order valence-corrected chi connectivity index (χ3v) is 7.33. The Bertz CT molecular complexity index is 1080. The van der Waals surface area contributed by atoms with Crippen molar-refractivity contribution in [3.63, 3.8) is 0 Å². The largest absolute Gasteiger partial charge is 0.839 e. The van der Waals surface area contributed by atoms with E-state index in [1.54, 1.807) is 18.2 Å². The summed E-state index contributed by atoms with van der Waals surface area (Å²) in [6.07, 6.45) is 5.05. The SMILES string of the molecule is C[N+](C)(CCOc1ccc(Cl)c(Cl)c1)Cc1noc(C([O-])(c2ccccc2)C2CCCCC2)n1. The molecule has 182 valence electrons. The highest BCUT2D eigenvalue weighted by molar-refractivity contribution is 6.42. The number of benzene rings is 2. The Morgan fingerprint density at radius 3 is 2.50 bits per heavy atom. The Morgan fingerprint density at radius 2 is 1.79 bits per heavy atom. The molecule has 0 saturated heterocycles. The first kappa shape index (κ1) is 25.0. The predicted molar refractivity (Wildman–Crippen MR) is 131 cm³/mol. The molecule has 1 aliphatic rings. The molecule has 0 aliphatic heterocycles. The number of nitrogens with zero attached hydrogens (tertiary/aromatic N) is 3. The zero-order valence-corrected chi connectivity index (χ0v) is 21.2. The molecule has 0 N–H and O–H groups in total. The van der Waals surface area contributed by atoms with Gasteiger partial charge in [0.1, 0.15) is 25.4 Å². The van der Waals surface area contributed by atoms with E-state index in [2.05, 4.69) is 24.2 Å². The minimum atomic E-state index is -1.53. The third kappa shape index (κ3) is 5.74. The van der Waals surface area contributed by atoms with Crippen LogP contribution in [0.1, 0.15) is 49.4 Å². The van der Waals surface area contributed by atoms with E-state index >= 15 is 0 Å². The molecule has 1 saturated carbocycles. The van der Waals surface area contributed by atoms with Gasteiger partial charge in [-0.05, 0) is 29.2 Å². The van der Waals surface area contributed by atoms with Gasteiger partial charge in [-0.3, -0.25) is 0 Å². The minimum absolute atomic E-state index is 0.0564. The molecule has 4 rings (SSSR count). The lowest BCUT2D eigenvalue weighted by molar-refractivity contribution is -0.904. The molecule has 1 atom stereocenters. The number of rotatable bonds is 9. The van der Waals surface area contributed by atoms with Crippen molar-refractivity contribution in [1.29, 1.82) is 0 Å². The molecule has 0 amide bonds. The standard InChI is InChI=1S/C26H31Cl2N3O3/c1-31(2,15-16-33-21-13-14-22(27)23(28)17-21)18-24-29-25(34-30-24)26(32,19-9-5-3-6-10-19)20-11-7-4-8-12-20/h3,5-6,9-10,13-14,17,20H,4,7-8,11-12,15-16,18H2,1-2H3. The zero-order valence-electron chi connectivity index (χ0n) is 19.7. The van der Waals surface area contributed by atoms with Crippen molar-refractivity contribution in [2.45, 2.75) is 44.2 Å². The molecule has 6 nitrogen and oxygen atoms in total. The van der Waals surface area contributed by atoms with Crippen molar-refractivity contribution < 1.29 is 18.8 Å². The van der Waals surface area contributed by atoms with E-state index in [9.17, 15) is 5.11 Å². The molecule has 34 heavy (non-hydrogen) atoms. The Hall–Kier alpha value is -2.12. The minimum Gasteiger partial charge on any atom is -0.839 e. The maximum atomic E-state index is 14.4. The van der Waals surface area contributed by atoms with Crippen LogP contribution in [0.2, 0.25) is 10.0 Å². The first-order valence-corrected chi connectivity index (χ1v) is 12.5. The molecule has 1 fully saturated rings. The summed E-state index contributed by atoms with van der Waals surface area (Å²) in [5.41, 5.74) is -0.831. The third-order valence-electron chi connectivity index (χ3n) is 6.59. The predicted octanol–water partition coefficient (Wildman–Crippen LogP) is 5.22. The van der Waals surface area contributed by atoms with Crippen molar-refractivity contribution >= 4 is 23.2 Å². The fourth-order valence-electron chi connectivity index (χ4n) is 4.64. The van der Waals surface area contributed by atoms with E-state index in [1.165, 1.54) is 6.42 Å². The highest BCUT2D eigenvalue weighted by Gasteiger charge is 2.37. The molecule has 3 aromatic rings. The van der Waals surface area contributed by atoms with Gasteiger partial charge in [-0.1, -0.05) is 90.8 Å². The average molecular weight is 504 g/mol. The van der Waals surface area contributed by atoms with Crippen LogP contribution in [0.5, 0.6) is 5.75 Å². The lowest BCUT2D eigenvalue weighted by Crippen LogP contribution is -2.49. The summed E-state index contributed by atoms with van der Waals surface area (Å²) < 4.78 is 12.0. The van der Waals surface area contributed by atoms with Gasteiger partial charge in [-0.15, -0.1) is 0 Å². The summed E-state index contributed by atoms with van der Waals surface area (Å²) in [5, 5.41) is 19.5. The van der Waals surface area contributed by atoms with Gasteiger partial charge in [0.2, 0.25) is 11.7 Å². The quantitative estimate of drug-likeness (QED) is 0.374. The smallest absolute Gasteiger partial charge is 0.226 e. The summed E-state index contributed by atoms with van der Waals surface area (Å²) >= 11 is 12.0. The number of ether oxygens (including phenoxy) is 1. The normalized spacial score (nSPS) is 16.9. The molecular formula is C26H31Cl2N3O3. The summed E-state index contributed by atoms with van der Waals surface area (Å²) in [4.78, 5) is 4.63. The van der Waals surface area contributed by atoms with Crippen LogP contribution in [-0.2, 0) is 12.1 Å². The molecule has 1 aliphatic carbocycles. The summed E-state index contributed by atoms with van der Waals surface area (Å²) in [6.45, 7) is 1.70. The molecule has 2 aromatic carbocycles. The van der Waals surface area contributed by atoms with Crippen molar-refractivity contribution in [2.75, 3.05) is 27.2 Å². The van der Waals surface area contributed by atoms with Gasteiger partial charge in [-0.25, -0.2) is 0 Å². The van der Waals surface area contributed by atoms with E-state index in [-0.39, 0.29) is 11.8 Å². The first-order chi connectivity index (χ1) is 16.3. The number of likely N-dealkylation sites (N-methyl/N-ethyl adjacent to an activating group) is 1. The Morgan fingerprint density at radius 1 is 1.06 bits per heavy atom. The monoisotopic (exact) mass is 503 g/mol. The highest BCUT2D eigenvalue weighted by atomic mass is 35.5. The first-order valence-electron chi connectivity index (χ1n) is 11.8. The van der Waals surface area contributed by atoms with Crippen LogP contribution in [0.25, 0.3) is 0 Å². The van der Waals surface area contributed by atoms with Gasteiger partial charge >= 0.3 is 0 Å². The summed E-state index contributed by atoms with van der Waals surface area (Å²) in [7, 11) is 4.13. The second kappa shape index (κ2) is 10.6. The van der Waals surface area contributed by atoms with Gasteiger partial charge in [0, 0.05) is 6.07 Å². The van der Waals surface area contributed by atoms with E-state index < -0.39 is 5.60 Å². The number of quaternary nitrogens is 1. The highest BCUT2D eigenvalue weighted by Crippen LogP contribution is 2.41. The molecule has 8 heteroatoms. The Labute approximate surface area is 211 Å². The Balaban J connectivity index is 1.45. The van der Waals surface area contributed by atoms with Crippen LogP contribution in [0.15, 0.2) is 53.1 Å². The van der Waals surface area contributed by atoms with Gasteiger partial charge < -0.3 is 18.8 Å². The number of hydrogen-bond donors (Lipinski definition) is 0. The number of hydrogen-bond acceptors (Lipinski definition) is 5. The van der Waals surface area contributed by atoms with Gasteiger partial charge in [0.05, 0.1) is 24.1 Å². The average Bonchev–Trinajstić information content (AvgIpc) is 3.30. The lowest BCUT2D eigenvalue weighted by Gasteiger charge is -2.46. The number of halogens is 2. The molecule has 0 radical (unpaired) electrons. The van der Waals surface area contributed by atoms with Crippen LogP contribution in [0.3, 0.4) is 0 Å². The molecule has 1 unspecified atom stereocenters. The van der Waals surface area contributed by atoms with Crippen molar-refractivity contribution in [3.8, 4) is 5.75 Å². The van der Waals surface area contributed by atoms with Crippen molar-refractivity contribution in [2.24, 2.45) is 5.92 Å². The van der Waals surface area contributed by atoms with Gasteiger partial charge in [0.25, 0.3) is 0 Å². The lowest BCUT2D eigenvalue weighted by atomic mass is 9.73. The maximum Gasteiger partial charge on any atom is 0.226 e. The van der Waals surface area contributed by atoms with E-state index in [0.717, 1.165) is 25.7 Å². The molecular weight excluding hydrogens is 473 g/mol. The summed E-state index contributed by atoms with van der Waals surface area (Å²) in [5.74, 6) is 1.32. The van der Waals surface area contributed by atoms with Gasteiger partial charge in [-0.2, -0.15) is 4.98 Å². The zero-order chi connectivity index (χ0) is 24.2. The van der Waals surface area contributed by atoms with Crippen LogP contribution in [-0.4, -0.2) is 41.9 Å². The fourth-order valence-corrected chi connectivity index (χ4v) is 4.92. The van der Waals surface area contributed by atoms with Crippen LogP contribution >= 0.6 is 23.2 Å². The molecule has 0 spiro atoms. The van der Waals surface area contributed by atoms with Crippen LogP contribution in [0.4, 0.5) is 0 Å². The topological polar surface area (TPSA) is 71.2 Å². The van der Waals surface area contributed by atoms with Crippen molar-refractivity contribution in [1.82, 2.24) is 10.1 Å². The summed E-state index contributed by atoms with van der Waals surface area (Å²) in [6, 6.07) is 14.7. The molecule has 0 bridgehead atoms. The van der Waals surface area contributed by atoms with Crippen LogP contribution in [0, 0.1) is 5.92 Å². The van der Waals surface area contributed by atoms with Gasteiger partial charge in [0.15, 0.2) is 0 Å². The van der Waals surface area contributed by atoms with Crippen molar-refractivity contribution in [3.05, 3.63) is 75.9 Å². The fraction of sp³-hybridized carbons (Fsp3) is 0.462.